The summed E-state index contributed by atoms with van der Waals surface area (Å²) < 4.78 is 35.3. The number of fused-ring (bicyclic) bond motifs is 3. The van der Waals surface area contributed by atoms with Crippen LogP contribution in [0.1, 0.15) is 40.4 Å². The number of methoxy groups -OCH3 is 4. The molecule has 0 fully saturated rings. The summed E-state index contributed by atoms with van der Waals surface area (Å²) in [6, 6.07) is 24.0. The Bertz CT molecular complexity index is 2120. The lowest BCUT2D eigenvalue weighted by Gasteiger charge is -2.19. The van der Waals surface area contributed by atoms with E-state index in [1.54, 1.807) is 44.3 Å². The van der Waals surface area contributed by atoms with E-state index in [0.717, 1.165) is 27.8 Å². The van der Waals surface area contributed by atoms with E-state index < -0.39 is 24.1 Å². The fourth-order valence-electron chi connectivity index (χ4n) is 6.45. The van der Waals surface area contributed by atoms with Crippen molar-refractivity contribution in [2.45, 2.75) is 44.6 Å². The first-order valence-corrected chi connectivity index (χ1v) is 17.0. The topological polar surface area (TPSA) is 149 Å². The van der Waals surface area contributed by atoms with Gasteiger partial charge in [-0.25, -0.2) is 14.3 Å². The van der Waals surface area contributed by atoms with Crippen molar-refractivity contribution in [2.75, 3.05) is 28.4 Å². The van der Waals surface area contributed by atoms with E-state index in [2.05, 4.69) is 15.6 Å². The van der Waals surface area contributed by atoms with Gasteiger partial charge in [0.1, 0.15) is 24.9 Å². The monoisotopic (exact) mass is 720 g/mol. The molecule has 0 radical (unpaired) electrons. The molecule has 0 saturated carbocycles. The van der Waals surface area contributed by atoms with Crippen molar-refractivity contribution in [3.05, 3.63) is 129 Å². The van der Waals surface area contributed by atoms with Crippen LogP contribution < -0.4 is 29.7 Å². The van der Waals surface area contributed by atoms with E-state index >= 15 is 0 Å². The Kier molecular flexibility index (Phi) is 11.5. The molecule has 0 bridgehead atoms. The lowest BCUT2D eigenvalue weighted by molar-refractivity contribution is -0.147. The highest BCUT2D eigenvalue weighted by atomic mass is 16.6. The number of ether oxygens (including phenoxy) is 6. The average Bonchev–Trinajstić information content (AvgIpc) is 3.52. The molecular formula is C40H40N4O9. The molecule has 1 aromatic heterocycles. The highest BCUT2D eigenvalue weighted by Gasteiger charge is 2.31. The van der Waals surface area contributed by atoms with Crippen molar-refractivity contribution in [2.24, 2.45) is 0 Å². The molecule has 274 valence electrons. The molecule has 13 nitrogen and oxygen atoms in total. The van der Waals surface area contributed by atoms with Gasteiger partial charge in [-0.1, -0.05) is 71.9 Å². The average molecular weight is 721 g/mol. The Hall–Kier alpha value is -6.37. The predicted octanol–water partition coefficient (Wildman–Crippen LogP) is 5.46. The van der Waals surface area contributed by atoms with Gasteiger partial charge in [0.15, 0.2) is 17.2 Å². The summed E-state index contributed by atoms with van der Waals surface area (Å²) in [7, 11) is 6.10. The van der Waals surface area contributed by atoms with Crippen LogP contribution in [0.25, 0.3) is 11.1 Å². The molecule has 13 heteroatoms. The standard InChI is InChI=1S/C40H40N4O9/c1-48-34-18-16-29-30(21-33(34)45)32(17-15-27-20-35(49-2)37(50-3)38(51-4)36(27)29)44-22-28(42-43-44)24-52-39(46)31(19-25-11-7-5-8-12-25)41-40(47)53-23-26-13-9-6-10-14-26/h5-14,16,18,20-22,31-32H,15,17,19,23-24H2,1-4H3,(H,41,47)/t31-,32-/m0/s1. The third-order valence-electron chi connectivity index (χ3n) is 9.00. The van der Waals surface area contributed by atoms with E-state index in [1.807, 2.05) is 72.8 Å². The van der Waals surface area contributed by atoms with Crippen LogP contribution in [0.3, 0.4) is 0 Å². The van der Waals surface area contributed by atoms with Gasteiger partial charge in [0, 0.05) is 12.0 Å². The largest absolute Gasteiger partial charge is 0.493 e. The maximum absolute atomic E-state index is 13.4. The minimum absolute atomic E-state index is 0.0464. The maximum atomic E-state index is 13.4. The highest BCUT2D eigenvalue weighted by molar-refractivity contribution is 5.83. The summed E-state index contributed by atoms with van der Waals surface area (Å²) in [5, 5.41) is 11.4. The number of nitrogens with one attached hydrogen (secondary N) is 1. The molecule has 1 aliphatic rings. The van der Waals surface area contributed by atoms with Crippen molar-refractivity contribution in [1.82, 2.24) is 20.3 Å². The summed E-state index contributed by atoms with van der Waals surface area (Å²) in [5.74, 6) is 0.912. The lowest BCUT2D eigenvalue weighted by atomic mass is 9.95. The number of carbonyl (C=O) groups is 2. The molecule has 0 saturated heterocycles. The number of hydrogen-bond acceptors (Lipinski definition) is 11. The summed E-state index contributed by atoms with van der Waals surface area (Å²) in [4.78, 5) is 39.5. The Balaban J connectivity index is 1.25. The van der Waals surface area contributed by atoms with Crippen LogP contribution in [0.15, 0.2) is 95.9 Å². The minimum atomic E-state index is -1.03. The van der Waals surface area contributed by atoms with Gasteiger partial charge in [-0.05, 0) is 58.9 Å². The number of esters is 1. The van der Waals surface area contributed by atoms with E-state index in [1.165, 1.54) is 7.11 Å². The van der Waals surface area contributed by atoms with Crippen molar-refractivity contribution in [3.63, 3.8) is 0 Å². The Labute approximate surface area is 306 Å². The Morgan fingerprint density at radius 2 is 1.51 bits per heavy atom. The van der Waals surface area contributed by atoms with Gasteiger partial charge in [-0.15, -0.1) is 5.10 Å². The zero-order valence-corrected chi connectivity index (χ0v) is 29.9. The van der Waals surface area contributed by atoms with Gasteiger partial charge < -0.3 is 33.7 Å². The van der Waals surface area contributed by atoms with Crippen molar-refractivity contribution >= 4 is 12.1 Å². The SMILES string of the molecule is COc1cc2c(c(OC)c1OC)-c1ccc(OC)c(=O)cc1[C@@H](n1cc(COC(=O)[C@H](Cc3ccccc3)NC(=O)OCc3ccccc3)nn1)CC2. The zero-order chi connectivity index (χ0) is 37.3. The Morgan fingerprint density at radius 3 is 2.19 bits per heavy atom. The normalized spacial score (nSPS) is 13.7. The summed E-state index contributed by atoms with van der Waals surface area (Å²) in [6.07, 6.45) is 2.21. The number of carbonyl (C=O) groups excluding carboxylic acids is 2. The van der Waals surface area contributed by atoms with Gasteiger partial charge in [0.05, 0.1) is 40.7 Å². The molecule has 0 unspecified atom stereocenters. The zero-order valence-electron chi connectivity index (χ0n) is 29.9. The number of rotatable bonds is 13. The molecule has 1 aliphatic carbocycles. The smallest absolute Gasteiger partial charge is 0.408 e. The van der Waals surface area contributed by atoms with Crippen LogP contribution in [-0.4, -0.2) is 61.5 Å². The van der Waals surface area contributed by atoms with Gasteiger partial charge in [0.25, 0.3) is 0 Å². The summed E-state index contributed by atoms with van der Waals surface area (Å²) >= 11 is 0. The van der Waals surface area contributed by atoms with Gasteiger partial charge >= 0.3 is 12.1 Å². The number of aromatic nitrogens is 3. The Morgan fingerprint density at radius 1 is 0.811 bits per heavy atom. The molecule has 1 N–H and O–H groups in total. The maximum Gasteiger partial charge on any atom is 0.408 e. The second-order valence-electron chi connectivity index (χ2n) is 12.3. The fourth-order valence-corrected chi connectivity index (χ4v) is 6.45. The lowest BCUT2D eigenvalue weighted by Crippen LogP contribution is -2.43. The fraction of sp³-hybridized carbons (Fsp3) is 0.275. The van der Waals surface area contributed by atoms with Crippen LogP contribution in [0.2, 0.25) is 0 Å². The third-order valence-corrected chi connectivity index (χ3v) is 9.00. The quantitative estimate of drug-likeness (QED) is 0.155. The molecule has 5 aromatic rings. The number of amides is 1. The number of alkyl carbamates (subject to hydrolysis) is 1. The summed E-state index contributed by atoms with van der Waals surface area (Å²) in [5.41, 5.74) is 4.76. The second-order valence-corrected chi connectivity index (χ2v) is 12.3. The van der Waals surface area contributed by atoms with Crippen LogP contribution in [0.4, 0.5) is 4.79 Å². The van der Waals surface area contributed by atoms with E-state index in [0.29, 0.717) is 41.3 Å². The van der Waals surface area contributed by atoms with Gasteiger partial charge in [-0.2, -0.15) is 0 Å². The molecule has 6 rings (SSSR count). The second kappa shape index (κ2) is 16.8. The highest BCUT2D eigenvalue weighted by Crippen LogP contribution is 2.50. The molecule has 1 heterocycles. The molecule has 4 aromatic carbocycles. The first-order valence-electron chi connectivity index (χ1n) is 17.0. The number of hydrogen-bond donors (Lipinski definition) is 1. The molecule has 0 spiro atoms. The third kappa shape index (κ3) is 8.25. The molecule has 1 amide bonds. The van der Waals surface area contributed by atoms with E-state index in [9.17, 15) is 14.4 Å². The van der Waals surface area contributed by atoms with E-state index in [-0.39, 0.29) is 30.8 Å². The van der Waals surface area contributed by atoms with Crippen LogP contribution in [0.5, 0.6) is 23.0 Å². The number of benzene rings is 3. The predicted molar refractivity (Wildman–Crippen MR) is 194 cm³/mol. The molecule has 2 atom stereocenters. The minimum Gasteiger partial charge on any atom is -0.493 e. The van der Waals surface area contributed by atoms with Crippen LogP contribution in [-0.2, 0) is 40.3 Å². The number of aryl methyl sites for hydroxylation is 1. The van der Waals surface area contributed by atoms with Crippen LogP contribution in [0, 0.1) is 0 Å². The molecular weight excluding hydrogens is 680 g/mol. The molecule has 0 aliphatic heterocycles. The van der Waals surface area contributed by atoms with Gasteiger partial charge in [-0.3, -0.25) is 4.79 Å². The first kappa shape index (κ1) is 36.4. The number of nitrogens with zero attached hydrogens (tertiary/aromatic N) is 3. The van der Waals surface area contributed by atoms with E-state index in [4.69, 9.17) is 28.4 Å². The first-order chi connectivity index (χ1) is 25.8. The van der Waals surface area contributed by atoms with Gasteiger partial charge in [0.2, 0.25) is 11.2 Å². The van der Waals surface area contributed by atoms with Crippen molar-refractivity contribution in [3.8, 4) is 34.1 Å². The van der Waals surface area contributed by atoms with Crippen molar-refractivity contribution < 1.29 is 38.0 Å². The van der Waals surface area contributed by atoms with Crippen LogP contribution >= 0.6 is 0 Å². The molecule has 53 heavy (non-hydrogen) atoms. The van der Waals surface area contributed by atoms with Crippen molar-refractivity contribution in [1.29, 1.82) is 0 Å². The summed E-state index contributed by atoms with van der Waals surface area (Å²) in [6.45, 7) is -0.166.